The number of aromatic nitrogens is 2. The summed E-state index contributed by atoms with van der Waals surface area (Å²) in [6.45, 7) is 2.22. The normalized spacial score (nSPS) is 11.0. The van der Waals surface area contributed by atoms with E-state index in [9.17, 15) is 0 Å². The molecule has 2 aromatic heterocycles. The smallest absolute Gasteiger partial charge is 0.137 e. The lowest BCUT2D eigenvalue weighted by Gasteiger charge is -2.09. The van der Waals surface area contributed by atoms with Crippen molar-refractivity contribution in [2.45, 2.75) is 0 Å². The van der Waals surface area contributed by atoms with Crippen molar-refractivity contribution in [2.75, 3.05) is 45.9 Å². The molecule has 0 radical (unpaired) electrons. The number of benzene rings is 1. The molecule has 0 aliphatic rings. The Balaban J connectivity index is 1.71. The lowest BCUT2D eigenvalue weighted by molar-refractivity contribution is 0.0544. The molecule has 0 unspecified atom stereocenters. The van der Waals surface area contributed by atoms with E-state index in [4.69, 9.17) is 14.2 Å². The monoisotopic (exact) mass is 341 g/mol. The van der Waals surface area contributed by atoms with Gasteiger partial charge in [-0.3, -0.25) is 4.40 Å². The Morgan fingerprint density at radius 3 is 2.80 bits per heavy atom. The fraction of sp³-hybridized carbons (Fsp3) is 0.316. The van der Waals surface area contributed by atoms with Crippen molar-refractivity contribution in [1.82, 2.24) is 9.38 Å². The SMILES string of the molecule is CNc1ccc2ncc(-c3cccc(OCCOCCOC)c3)n2c1. The summed E-state index contributed by atoms with van der Waals surface area (Å²) in [4.78, 5) is 4.47. The number of imidazole rings is 1. The van der Waals surface area contributed by atoms with Gasteiger partial charge in [-0.15, -0.1) is 0 Å². The van der Waals surface area contributed by atoms with Crippen LogP contribution in [0.15, 0.2) is 48.8 Å². The predicted molar refractivity (Wildman–Crippen MR) is 98.4 cm³/mol. The van der Waals surface area contributed by atoms with E-state index in [1.54, 1.807) is 7.11 Å². The maximum atomic E-state index is 5.77. The molecule has 0 aliphatic heterocycles. The van der Waals surface area contributed by atoms with Gasteiger partial charge in [0.05, 0.1) is 37.4 Å². The zero-order valence-corrected chi connectivity index (χ0v) is 14.6. The molecule has 0 aliphatic carbocycles. The maximum absolute atomic E-state index is 5.77. The highest BCUT2D eigenvalue weighted by Gasteiger charge is 2.07. The Bertz CT molecular complexity index is 817. The average molecular weight is 341 g/mol. The van der Waals surface area contributed by atoms with E-state index in [0.29, 0.717) is 26.4 Å². The highest BCUT2D eigenvalue weighted by molar-refractivity contribution is 5.66. The third-order valence-electron chi connectivity index (χ3n) is 3.85. The number of anilines is 1. The van der Waals surface area contributed by atoms with E-state index >= 15 is 0 Å². The van der Waals surface area contributed by atoms with Gasteiger partial charge in [0.2, 0.25) is 0 Å². The van der Waals surface area contributed by atoms with Crippen molar-refractivity contribution in [3.63, 3.8) is 0 Å². The van der Waals surface area contributed by atoms with E-state index in [1.165, 1.54) is 0 Å². The van der Waals surface area contributed by atoms with Gasteiger partial charge in [-0.25, -0.2) is 4.98 Å². The van der Waals surface area contributed by atoms with Gasteiger partial charge in [0, 0.05) is 25.9 Å². The molecular formula is C19H23N3O3. The highest BCUT2D eigenvalue weighted by Crippen LogP contribution is 2.25. The average Bonchev–Trinajstić information content (AvgIpc) is 3.08. The summed E-state index contributed by atoms with van der Waals surface area (Å²) in [6.07, 6.45) is 3.91. The van der Waals surface area contributed by atoms with E-state index in [-0.39, 0.29) is 0 Å². The largest absolute Gasteiger partial charge is 0.491 e. The van der Waals surface area contributed by atoms with E-state index in [1.807, 2.05) is 49.8 Å². The van der Waals surface area contributed by atoms with Crippen molar-refractivity contribution in [3.8, 4) is 17.0 Å². The standard InChI is InChI=1S/C19H23N3O3/c1-20-16-6-7-19-21-13-18(22(19)14-16)15-4-3-5-17(12-15)25-11-10-24-9-8-23-2/h3-7,12-14,20H,8-11H2,1-2H3. The second kappa shape index (κ2) is 8.50. The number of hydrogen-bond acceptors (Lipinski definition) is 5. The maximum Gasteiger partial charge on any atom is 0.137 e. The minimum atomic E-state index is 0.504. The summed E-state index contributed by atoms with van der Waals surface area (Å²) in [6, 6.07) is 12.0. The van der Waals surface area contributed by atoms with Crippen LogP contribution in [-0.2, 0) is 9.47 Å². The lowest BCUT2D eigenvalue weighted by Crippen LogP contribution is -2.10. The Morgan fingerprint density at radius 2 is 1.96 bits per heavy atom. The first-order valence-corrected chi connectivity index (χ1v) is 8.26. The van der Waals surface area contributed by atoms with Crippen molar-refractivity contribution in [2.24, 2.45) is 0 Å². The molecule has 6 heteroatoms. The minimum absolute atomic E-state index is 0.504. The van der Waals surface area contributed by atoms with Gasteiger partial charge >= 0.3 is 0 Å². The van der Waals surface area contributed by atoms with Crippen LogP contribution in [0, 0.1) is 0 Å². The van der Waals surface area contributed by atoms with Crippen molar-refractivity contribution >= 4 is 11.3 Å². The molecule has 132 valence electrons. The van der Waals surface area contributed by atoms with E-state index in [2.05, 4.69) is 20.8 Å². The van der Waals surface area contributed by atoms with Crippen LogP contribution in [0.3, 0.4) is 0 Å². The third kappa shape index (κ3) is 4.29. The Labute approximate surface area is 147 Å². The fourth-order valence-corrected chi connectivity index (χ4v) is 2.55. The Hall–Kier alpha value is -2.57. The first-order valence-electron chi connectivity index (χ1n) is 8.26. The van der Waals surface area contributed by atoms with Crippen LogP contribution >= 0.6 is 0 Å². The number of fused-ring (bicyclic) bond motifs is 1. The summed E-state index contributed by atoms with van der Waals surface area (Å²) in [5.74, 6) is 0.813. The molecule has 0 spiro atoms. The molecule has 3 aromatic rings. The Morgan fingerprint density at radius 1 is 1.08 bits per heavy atom. The van der Waals surface area contributed by atoms with Crippen molar-refractivity contribution in [3.05, 3.63) is 48.8 Å². The zero-order valence-electron chi connectivity index (χ0n) is 14.6. The number of methoxy groups -OCH3 is 1. The summed E-state index contributed by atoms with van der Waals surface area (Å²) in [7, 11) is 3.56. The number of nitrogens with zero attached hydrogens (tertiary/aromatic N) is 2. The topological polar surface area (TPSA) is 57.0 Å². The lowest BCUT2D eigenvalue weighted by atomic mass is 10.1. The van der Waals surface area contributed by atoms with Gasteiger partial charge in [0.15, 0.2) is 0 Å². The van der Waals surface area contributed by atoms with Crippen molar-refractivity contribution in [1.29, 1.82) is 0 Å². The summed E-state index contributed by atoms with van der Waals surface area (Å²) < 4.78 is 18.2. The van der Waals surface area contributed by atoms with Crippen LogP contribution in [0.5, 0.6) is 5.75 Å². The second-order valence-corrected chi connectivity index (χ2v) is 5.52. The molecule has 0 saturated carbocycles. The fourth-order valence-electron chi connectivity index (χ4n) is 2.55. The van der Waals surface area contributed by atoms with Crippen LogP contribution < -0.4 is 10.1 Å². The van der Waals surface area contributed by atoms with Gasteiger partial charge in [-0.2, -0.15) is 0 Å². The predicted octanol–water partition coefficient (Wildman–Crippen LogP) is 3.08. The quantitative estimate of drug-likeness (QED) is 0.606. The first-order chi connectivity index (χ1) is 12.3. The molecule has 0 bridgehead atoms. The molecule has 0 saturated heterocycles. The van der Waals surface area contributed by atoms with Gasteiger partial charge < -0.3 is 19.5 Å². The number of pyridine rings is 1. The van der Waals surface area contributed by atoms with Crippen LogP contribution in [-0.4, -0.2) is 50.0 Å². The highest BCUT2D eigenvalue weighted by atomic mass is 16.5. The number of nitrogens with one attached hydrogen (secondary N) is 1. The van der Waals surface area contributed by atoms with Gasteiger partial charge in [-0.05, 0) is 24.3 Å². The van der Waals surface area contributed by atoms with E-state index in [0.717, 1.165) is 28.3 Å². The molecule has 2 heterocycles. The molecule has 1 N–H and O–H groups in total. The zero-order chi connectivity index (χ0) is 17.5. The number of hydrogen-bond donors (Lipinski definition) is 1. The van der Waals surface area contributed by atoms with Crippen molar-refractivity contribution < 1.29 is 14.2 Å². The summed E-state index contributed by atoms with van der Waals surface area (Å²) in [5, 5.41) is 3.15. The van der Waals surface area contributed by atoms with Crippen LogP contribution in [0.4, 0.5) is 5.69 Å². The summed E-state index contributed by atoms with van der Waals surface area (Å²) >= 11 is 0. The van der Waals surface area contributed by atoms with Gasteiger partial charge in [0.25, 0.3) is 0 Å². The number of rotatable bonds is 9. The molecule has 1 aromatic carbocycles. The van der Waals surface area contributed by atoms with Gasteiger partial charge in [0.1, 0.15) is 18.0 Å². The summed E-state index contributed by atoms with van der Waals surface area (Å²) in [5.41, 5.74) is 4.02. The van der Waals surface area contributed by atoms with E-state index < -0.39 is 0 Å². The molecule has 0 fully saturated rings. The second-order valence-electron chi connectivity index (χ2n) is 5.52. The molecule has 0 atom stereocenters. The minimum Gasteiger partial charge on any atom is -0.491 e. The molecule has 25 heavy (non-hydrogen) atoms. The first kappa shape index (κ1) is 17.3. The molecular weight excluding hydrogens is 318 g/mol. The Kier molecular flexibility index (Phi) is 5.87. The van der Waals surface area contributed by atoms with Crippen LogP contribution in [0.25, 0.3) is 16.9 Å². The number of ether oxygens (including phenoxy) is 3. The molecule has 3 rings (SSSR count). The molecule has 6 nitrogen and oxygen atoms in total. The molecule has 0 amide bonds. The third-order valence-corrected chi connectivity index (χ3v) is 3.85. The van der Waals surface area contributed by atoms with Crippen LogP contribution in [0.1, 0.15) is 0 Å². The van der Waals surface area contributed by atoms with Gasteiger partial charge in [-0.1, -0.05) is 12.1 Å². The van der Waals surface area contributed by atoms with Crippen LogP contribution in [0.2, 0.25) is 0 Å².